The first kappa shape index (κ1) is 13.7. The van der Waals surface area contributed by atoms with Crippen LogP contribution in [-0.2, 0) is 6.42 Å². The molecule has 0 aromatic heterocycles. The van der Waals surface area contributed by atoms with Gasteiger partial charge in [-0.05, 0) is 24.5 Å². The number of hydrogen-bond donors (Lipinski definition) is 0. The fraction of sp³-hybridized carbons (Fsp3) is 0.500. The van der Waals surface area contributed by atoms with Crippen LogP contribution in [-0.4, -0.2) is 11.8 Å². The number of benzene rings is 1. The second-order valence-corrected chi connectivity index (χ2v) is 4.55. The van der Waals surface area contributed by atoms with E-state index in [-0.39, 0.29) is 5.41 Å². The summed E-state index contributed by atoms with van der Waals surface area (Å²) in [7, 11) is 0. The topological polar surface area (TPSA) is 0 Å². The van der Waals surface area contributed by atoms with E-state index in [1.807, 2.05) is 6.92 Å². The molecule has 0 radical (unpaired) electrons. The van der Waals surface area contributed by atoms with E-state index < -0.39 is 11.6 Å². The zero-order valence-corrected chi connectivity index (χ0v) is 10.6. The van der Waals surface area contributed by atoms with Crippen LogP contribution in [0.5, 0.6) is 0 Å². The highest BCUT2D eigenvalue weighted by atomic mass is 35.5. The Labute approximate surface area is 105 Å². The maximum absolute atomic E-state index is 13.5. The fourth-order valence-electron chi connectivity index (χ4n) is 1.53. The Morgan fingerprint density at radius 3 is 2.31 bits per heavy atom. The van der Waals surface area contributed by atoms with Crippen molar-refractivity contribution in [3.63, 3.8) is 0 Å². The Hall–Kier alpha value is -0.340. The molecule has 1 aromatic rings. The molecule has 1 aromatic carbocycles. The van der Waals surface area contributed by atoms with Crippen LogP contribution >= 0.6 is 23.2 Å². The van der Waals surface area contributed by atoms with Gasteiger partial charge in [-0.3, -0.25) is 0 Å². The molecule has 0 bridgehead atoms. The second-order valence-electron chi connectivity index (χ2n) is 4.01. The summed E-state index contributed by atoms with van der Waals surface area (Å²) in [5, 5.41) is 0. The molecular weight excluding hydrogens is 253 g/mol. The largest absolute Gasteiger partial charge is 0.204 e. The van der Waals surface area contributed by atoms with Crippen molar-refractivity contribution in [2.75, 3.05) is 11.8 Å². The molecule has 16 heavy (non-hydrogen) atoms. The first-order valence-electron chi connectivity index (χ1n) is 5.13. The van der Waals surface area contributed by atoms with Crippen molar-refractivity contribution in [3.05, 3.63) is 35.4 Å². The number of hydrogen-bond acceptors (Lipinski definition) is 0. The lowest BCUT2D eigenvalue weighted by Crippen LogP contribution is -2.27. The van der Waals surface area contributed by atoms with Gasteiger partial charge < -0.3 is 0 Å². The minimum absolute atomic E-state index is 0.336. The minimum atomic E-state index is -0.827. The lowest BCUT2D eigenvalue weighted by atomic mass is 9.82. The van der Waals surface area contributed by atoms with E-state index in [4.69, 9.17) is 23.2 Å². The van der Waals surface area contributed by atoms with E-state index in [0.29, 0.717) is 23.7 Å². The summed E-state index contributed by atoms with van der Waals surface area (Å²) >= 11 is 11.7. The van der Waals surface area contributed by atoms with Crippen LogP contribution in [0, 0.1) is 17.0 Å². The Morgan fingerprint density at radius 1 is 1.19 bits per heavy atom. The van der Waals surface area contributed by atoms with E-state index in [9.17, 15) is 8.78 Å². The van der Waals surface area contributed by atoms with Crippen molar-refractivity contribution in [2.24, 2.45) is 5.41 Å². The minimum Gasteiger partial charge on any atom is -0.204 e. The lowest BCUT2D eigenvalue weighted by molar-refractivity contribution is 0.352. The van der Waals surface area contributed by atoms with Gasteiger partial charge in [0, 0.05) is 17.2 Å². The van der Waals surface area contributed by atoms with Crippen LogP contribution in [0.25, 0.3) is 0 Å². The van der Waals surface area contributed by atoms with Crippen molar-refractivity contribution in [1.29, 1.82) is 0 Å². The van der Waals surface area contributed by atoms with Crippen LogP contribution in [0.2, 0.25) is 0 Å². The van der Waals surface area contributed by atoms with Gasteiger partial charge in [-0.2, -0.15) is 0 Å². The standard InChI is InChI=1S/C12H14Cl2F2/c1-2-12(7-13,8-14)6-9-4-3-5-10(15)11(9)16/h3-5H,2,6-8H2,1H3. The molecule has 0 nitrogen and oxygen atoms in total. The average molecular weight is 267 g/mol. The van der Waals surface area contributed by atoms with Crippen LogP contribution < -0.4 is 0 Å². The van der Waals surface area contributed by atoms with E-state index in [2.05, 4.69) is 0 Å². The molecule has 0 atom stereocenters. The molecule has 0 saturated heterocycles. The highest BCUT2D eigenvalue weighted by Crippen LogP contribution is 2.31. The maximum atomic E-state index is 13.5. The summed E-state index contributed by atoms with van der Waals surface area (Å²) in [6.45, 7) is 1.95. The summed E-state index contributed by atoms with van der Waals surface area (Å²) in [6, 6.07) is 4.17. The molecule has 0 amide bonds. The summed E-state index contributed by atoms with van der Waals surface area (Å²) in [5.41, 5.74) is -0.0271. The monoisotopic (exact) mass is 266 g/mol. The molecule has 0 N–H and O–H groups in total. The maximum Gasteiger partial charge on any atom is 0.162 e. The van der Waals surface area contributed by atoms with Crippen molar-refractivity contribution >= 4 is 23.2 Å². The highest BCUT2D eigenvalue weighted by molar-refractivity contribution is 6.21. The molecule has 0 aliphatic heterocycles. The fourth-order valence-corrected chi connectivity index (χ4v) is 2.39. The zero-order chi connectivity index (χ0) is 12.2. The van der Waals surface area contributed by atoms with Crippen LogP contribution in [0.4, 0.5) is 8.78 Å². The normalized spacial score (nSPS) is 11.8. The number of halogens is 4. The molecule has 0 aliphatic carbocycles. The van der Waals surface area contributed by atoms with Gasteiger partial charge in [0.1, 0.15) is 0 Å². The Kier molecular flexibility index (Phi) is 5.00. The van der Waals surface area contributed by atoms with Gasteiger partial charge in [0.2, 0.25) is 0 Å². The van der Waals surface area contributed by atoms with Crippen molar-refractivity contribution in [1.82, 2.24) is 0 Å². The van der Waals surface area contributed by atoms with Crippen molar-refractivity contribution in [3.8, 4) is 0 Å². The second kappa shape index (κ2) is 5.83. The summed E-state index contributed by atoms with van der Waals surface area (Å²) in [4.78, 5) is 0. The van der Waals surface area contributed by atoms with Gasteiger partial charge in [0.05, 0.1) is 0 Å². The van der Waals surface area contributed by atoms with Gasteiger partial charge in [-0.15, -0.1) is 23.2 Å². The van der Waals surface area contributed by atoms with Gasteiger partial charge in [-0.25, -0.2) is 8.78 Å². The van der Waals surface area contributed by atoms with E-state index >= 15 is 0 Å². The molecule has 0 spiro atoms. The van der Waals surface area contributed by atoms with E-state index in [1.165, 1.54) is 6.07 Å². The van der Waals surface area contributed by atoms with Gasteiger partial charge >= 0.3 is 0 Å². The van der Waals surface area contributed by atoms with Crippen molar-refractivity contribution < 1.29 is 8.78 Å². The first-order valence-corrected chi connectivity index (χ1v) is 6.20. The molecular formula is C12H14Cl2F2. The molecule has 0 saturated carbocycles. The van der Waals surface area contributed by atoms with Crippen LogP contribution in [0.15, 0.2) is 18.2 Å². The summed E-state index contributed by atoms with van der Waals surface area (Å²) in [5.74, 6) is -0.950. The first-order chi connectivity index (χ1) is 7.58. The third-order valence-electron chi connectivity index (χ3n) is 2.91. The zero-order valence-electron chi connectivity index (χ0n) is 9.07. The molecule has 0 unspecified atom stereocenters. The quantitative estimate of drug-likeness (QED) is 0.694. The summed E-state index contributed by atoms with van der Waals surface area (Å²) < 4.78 is 26.5. The Balaban J connectivity index is 2.98. The molecule has 0 heterocycles. The Morgan fingerprint density at radius 2 is 1.81 bits per heavy atom. The van der Waals surface area contributed by atoms with E-state index in [0.717, 1.165) is 12.5 Å². The van der Waals surface area contributed by atoms with E-state index in [1.54, 1.807) is 6.07 Å². The van der Waals surface area contributed by atoms with Gasteiger partial charge in [0.25, 0.3) is 0 Å². The average Bonchev–Trinajstić information content (AvgIpc) is 2.32. The predicted octanol–water partition coefficient (Wildman–Crippen LogP) is 4.38. The molecule has 0 fully saturated rings. The highest BCUT2D eigenvalue weighted by Gasteiger charge is 2.28. The van der Waals surface area contributed by atoms with Gasteiger partial charge in [0.15, 0.2) is 11.6 Å². The number of rotatable bonds is 5. The van der Waals surface area contributed by atoms with Crippen LogP contribution in [0.1, 0.15) is 18.9 Å². The molecule has 1 rings (SSSR count). The number of alkyl halides is 2. The predicted molar refractivity (Wildman–Crippen MR) is 64.2 cm³/mol. The third-order valence-corrected chi connectivity index (χ3v) is 4.05. The van der Waals surface area contributed by atoms with Crippen LogP contribution in [0.3, 0.4) is 0 Å². The lowest BCUT2D eigenvalue weighted by Gasteiger charge is -2.28. The summed E-state index contributed by atoms with van der Waals surface area (Å²) in [6.07, 6.45) is 1.09. The molecule has 90 valence electrons. The third kappa shape index (κ3) is 2.86. The SMILES string of the molecule is CCC(CCl)(CCl)Cc1cccc(F)c1F. The Bertz CT molecular complexity index is 341. The van der Waals surface area contributed by atoms with Gasteiger partial charge in [-0.1, -0.05) is 19.1 Å². The molecule has 0 aliphatic rings. The smallest absolute Gasteiger partial charge is 0.162 e. The molecule has 4 heteroatoms. The van der Waals surface area contributed by atoms with Crippen molar-refractivity contribution in [2.45, 2.75) is 19.8 Å².